The van der Waals surface area contributed by atoms with E-state index in [0.717, 1.165) is 17.8 Å². The van der Waals surface area contributed by atoms with Gasteiger partial charge in [0.25, 0.3) is 0 Å². The number of hydrogen-bond acceptors (Lipinski definition) is 3. The van der Waals surface area contributed by atoms with Gasteiger partial charge >= 0.3 is 0 Å². The lowest BCUT2D eigenvalue weighted by Gasteiger charge is -2.26. The smallest absolute Gasteiger partial charge is 0.174 e. The summed E-state index contributed by atoms with van der Waals surface area (Å²) in [7, 11) is 0. The first-order chi connectivity index (χ1) is 9.96. The normalized spacial score (nSPS) is 11.6. The topological polar surface area (TPSA) is 29.1 Å². The van der Waals surface area contributed by atoms with Gasteiger partial charge in [-0.25, -0.2) is 0 Å². The van der Waals surface area contributed by atoms with E-state index >= 15 is 0 Å². The molecule has 21 heavy (non-hydrogen) atoms. The fourth-order valence-corrected chi connectivity index (χ4v) is 3.25. The van der Waals surface area contributed by atoms with Gasteiger partial charge in [0.05, 0.1) is 4.88 Å². The summed E-state index contributed by atoms with van der Waals surface area (Å²) >= 11 is 1.54. The first-order valence-electron chi connectivity index (χ1n) is 7.33. The van der Waals surface area contributed by atoms with Crippen LogP contribution in [-0.2, 0) is 6.42 Å². The maximum atomic E-state index is 12.1. The minimum Gasteiger partial charge on any atom is -0.311 e. The molecular weight excluding hydrogens is 278 g/mol. The summed E-state index contributed by atoms with van der Waals surface area (Å²) < 4.78 is 0. The number of Topliss-reactive ketones (excluding diaryl/α,β-unsaturated/α-hetero) is 1. The van der Waals surface area contributed by atoms with E-state index in [1.807, 2.05) is 24.4 Å². The molecule has 1 heterocycles. The van der Waals surface area contributed by atoms with E-state index in [9.17, 15) is 4.79 Å². The number of aryl methyl sites for hydroxylation is 1. The molecule has 2 aromatic rings. The van der Waals surface area contributed by atoms with Gasteiger partial charge in [-0.1, -0.05) is 30.3 Å². The van der Waals surface area contributed by atoms with Gasteiger partial charge in [0.2, 0.25) is 0 Å². The first-order valence-corrected chi connectivity index (χ1v) is 8.21. The molecule has 3 heteroatoms. The Morgan fingerprint density at radius 1 is 1.24 bits per heavy atom. The Hall–Kier alpha value is -1.45. The van der Waals surface area contributed by atoms with Crippen molar-refractivity contribution in [2.24, 2.45) is 0 Å². The van der Waals surface area contributed by atoms with Crippen LogP contribution in [0.5, 0.6) is 0 Å². The van der Waals surface area contributed by atoms with E-state index in [1.54, 1.807) is 11.3 Å². The molecule has 1 aromatic carbocycles. The SMILES string of the molecule is Cc1csc(C(=O)CCNC(C)(C)Cc2ccccc2)c1. The minimum absolute atomic E-state index is 0.00694. The van der Waals surface area contributed by atoms with Crippen molar-refractivity contribution < 1.29 is 4.79 Å². The van der Waals surface area contributed by atoms with Gasteiger partial charge in [-0.2, -0.15) is 0 Å². The highest BCUT2D eigenvalue weighted by molar-refractivity contribution is 7.12. The second-order valence-corrected chi connectivity index (χ2v) is 7.05. The zero-order chi connectivity index (χ0) is 15.3. The van der Waals surface area contributed by atoms with Crippen molar-refractivity contribution in [1.82, 2.24) is 5.32 Å². The predicted octanol–water partition coefficient (Wildman–Crippen LogP) is 4.24. The van der Waals surface area contributed by atoms with Crippen molar-refractivity contribution in [2.45, 2.75) is 39.2 Å². The molecule has 0 aliphatic rings. The lowest BCUT2D eigenvalue weighted by Crippen LogP contribution is -2.42. The maximum Gasteiger partial charge on any atom is 0.174 e. The molecule has 2 nitrogen and oxygen atoms in total. The van der Waals surface area contributed by atoms with E-state index in [2.05, 4.69) is 43.4 Å². The van der Waals surface area contributed by atoms with Crippen LogP contribution >= 0.6 is 11.3 Å². The van der Waals surface area contributed by atoms with Crippen molar-refractivity contribution in [3.05, 3.63) is 57.8 Å². The summed E-state index contributed by atoms with van der Waals surface area (Å²) in [5.41, 5.74) is 2.48. The first kappa shape index (κ1) is 15.9. The fraction of sp³-hybridized carbons (Fsp3) is 0.389. The van der Waals surface area contributed by atoms with Crippen molar-refractivity contribution >= 4 is 17.1 Å². The molecule has 0 aliphatic heterocycles. The number of ketones is 1. The Bertz CT molecular complexity index is 586. The van der Waals surface area contributed by atoms with Crippen LogP contribution in [0.1, 0.15) is 41.1 Å². The zero-order valence-corrected chi connectivity index (χ0v) is 13.8. The quantitative estimate of drug-likeness (QED) is 0.775. The third-order valence-corrected chi connectivity index (χ3v) is 4.54. The molecule has 2 rings (SSSR count). The average molecular weight is 301 g/mol. The van der Waals surface area contributed by atoms with Gasteiger partial charge < -0.3 is 5.32 Å². The van der Waals surface area contributed by atoms with Crippen molar-refractivity contribution in [2.75, 3.05) is 6.54 Å². The van der Waals surface area contributed by atoms with Crippen molar-refractivity contribution in [1.29, 1.82) is 0 Å². The summed E-state index contributed by atoms with van der Waals surface area (Å²) in [6.45, 7) is 7.10. The van der Waals surface area contributed by atoms with E-state index < -0.39 is 0 Å². The van der Waals surface area contributed by atoms with Gasteiger partial charge in [-0.05, 0) is 49.8 Å². The monoisotopic (exact) mass is 301 g/mol. The molecule has 0 unspecified atom stereocenters. The van der Waals surface area contributed by atoms with E-state index in [-0.39, 0.29) is 11.3 Å². The highest BCUT2D eigenvalue weighted by Gasteiger charge is 2.18. The second-order valence-electron chi connectivity index (χ2n) is 6.13. The molecule has 0 saturated carbocycles. The lowest BCUT2D eigenvalue weighted by molar-refractivity contribution is 0.0984. The predicted molar refractivity (Wildman–Crippen MR) is 90.2 cm³/mol. The standard InChI is InChI=1S/C18H23NOS/c1-14-11-17(21-13-14)16(20)9-10-19-18(2,3)12-15-7-5-4-6-8-15/h4-8,11,13,19H,9-10,12H2,1-3H3. The van der Waals surface area contributed by atoms with Gasteiger partial charge in [-0.15, -0.1) is 11.3 Å². The van der Waals surface area contributed by atoms with E-state index in [0.29, 0.717) is 6.42 Å². The maximum absolute atomic E-state index is 12.1. The average Bonchev–Trinajstić information content (AvgIpc) is 2.86. The number of rotatable bonds is 7. The lowest BCUT2D eigenvalue weighted by atomic mass is 9.95. The van der Waals surface area contributed by atoms with Gasteiger partial charge in [0.15, 0.2) is 5.78 Å². The molecule has 112 valence electrons. The van der Waals surface area contributed by atoms with E-state index in [4.69, 9.17) is 0 Å². The Kier molecular flexibility index (Phi) is 5.32. The Morgan fingerprint density at radius 3 is 2.57 bits per heavy atom. The molecular formula is C18H23NOS. The summed E-state index contributed by atoms with van der Waals surface area (Å²) in [5, 5.41) is 5.53. The second kappa shape index (κ2) is 7.01. The third-order valence-electron chi connectivity index (χ3n) is 3.45. The fourth-order valence-electron chi connectivity index (χ4n) is 2.38. The molecule has 0 bridgehead atoms. The summed E-state index contributed by atoms with van der Waals surface area (Å²) in [4.78, 5) is 12.9. The number of carbonyl (C=O) groups excluding carboxylic acids is 1. The van der Waals surface area contributed by atoms with Gasteiger partial charge in [0.1, 0.15) is 0 Å². The minimum atomic E-state index is -0.00694. The van der Waals surface area contributed by atoms with Crippen LogP contribution in [0.4, 0.5) is 0 Å². The summed E-state index contributed by atoms with van der Waals surface area (Å²) in [5.74, 6) is 0.233. The van der Waals surface area contributed by atoms with Crippen LogP contribution in [0.2, 0.25) is 0 Å². The Balaban J connectivity index is 1.80. The number of nitrogens with one attached hydrogen (secondary N) is 1. The van der Waals surface area contributed by atoms with Crippen LogP contribution in [0.3, 0.4) is 0 Å². The molecule has 1 N–H and O–H groups in total. The zero-order valence-electron chi connectivity index (χ0n) is 13.0. The molecule has 0 spiro atoms. The molecule has 0 amide bonds. The number of carbonyl (C=O) groups is 1. The summed E-state index contributed by atoms with van der Waals surface area (Å²) in [6, 6.07) is 12.4. The number of thiophene rings is 1. The third kappa shape index (κ3) is 5.10. The molecule has 1 aromatic heterocycles. The highest BCUT2D eigenvalue weighted by Crippen LogP contribution is 2.16. The molecule has 0 atom stereocenters. The molecule has 0 radical (unpaired) electrons. The Labute approximate surface area is 131 Å². The Morgan fingerprint density at radius 2 is 1.95 bits per heavy atom. The van der Waals surface area contributed by atoms with Crippen LogP contribution in [0.25, 0.3) is 0 Å². The van der Waals surface area contributed by atoms with Crippen LogP contribution in [0.15, 0.2) is 41.8 Å². The molecule has 0 saturated heterocycles. The number of benzene rings is 1. The molecule has 0 fully saturated rings. The summed E-state index contributed by atoms with van der Waals surface area (Å²) in [6.07, 6.45) is 1.51. The van der Waals surface area contributed by atoms with Gasteiger partial charge in [-0.3, -0.25) is 4.79 Å². The van der Waals surface area contributed by atoms with Crippen molar-refractivity contribution in [3.63, 3.8) is 0 Å². The van der Waals surface area contributed by atoms with Crippen LogP contribution in [-0.4, -0.2) is 17.9 Å². The van der Waals surface area contributed by atoms with Crippen LogP contribution < -0.4 is 5.32 Å². The number of hydrogen-bond donors (Lipinski definition) is 1. The largest absolute Gasteiger partial charge is 0.311 e. The highest BCUT2D eigenvalue weighted by atomic mass is 32.1. The molecule has 0 aliphatic carbocycles. The van der Waals surface area contributed by atoms with Crippen molar-refractivity contribution in [3.8, 4) is 0 Å². The van der Waals surface area contributed by atoms with Crippen LogP contribution in [0, 0.1) is 6.92 Å². The van der Waals surface area contributed by atoms with Gasteiger partial charge in [0, 0.05) is 18.5 Å². The van der Waals surface area contributed by atoms with E-state index in [1.165, 1.54) is 11.1 Å².